The van der Waals surface area contributed by atoms with E-state index in [4.69, 9.17) is 4.74 Å². The van der Waals surface area contributed by atoms with E-state index in [0.29, 0.717) is 31.6 Å². The Morgan fingerprint density at radius 3 is 2.68 bits per heavy atom. The number of rotatable bonds is 8. The summed E-state index contributed by atoms with van der Waals surface area (Å²) in [6.45, 7) is 9.30. The number of aliphatic hydroxyl groups is 2. The first-order valence-electron chi connectivity index (χ1n) is 13.7. The number of aliphatic hydroxyl groups excluding tert-OH is 2. The molecule has 3 atom stereocenters. The van der Waals surface area contributed by atoms with E-state index >= 15 is 4.39 Å². The van der Waals surface area contributed by atoms with Gasteiger partial charge in [0.15, 0.2) is 0 Å². The number of piperidine rings is 2. The van der Waals surface area contributed by atoms with Crippen LogP contribution in [0.2, 0.25) is 0 Å². The Labute approximate surface area is 219 Å². The number of ether oxygens (including phenoxy) is 1. The maximum Gasteiger partial charge on any atom is 0.134 e. The molecule has 8 heteroatoms. The van der Waals surface area contributed by atoms with Crippen LogP contribution in [0, 0.1) is 5.82 Å². The second-order valence-electron chi connectivity index (χ2n) is 11.0. The Balaban J connectivity index is 1.18. The summed E-state index contributed by atoms with van der Waals surface area (Å²) in [5.41, 5.74) is 4.47. The Morgan fingerprint density at radius 1 is 1.16 bits per heavy atom. The van der Waals surface area contributed by atoms with Gasteiger partial charge in [-0.3, -0.25) is 15.1 Å². The molecule has 0 aromatic heterocycles. The molecule has 3 aliphatic heterocycles. The summed E-state index contributed by atoms with van der Waals surface area (Å²) in [7, 11) is 0. The summed E-state index contributed by atoms with van der Waals surface area (Å²) in [4.78, 5) is 4.46. The quantitative estimate of drug-likeness (QED) is 0.430. The Hall–Kier alpha value is -2.07. The number of hydrogen-bond donors (Lipinski definition) is 4. The lowest BCUT2D eigenvalue weighted by molar-refractivity contribution is -0.0669. The predicted octanol–water partition coefficient (Wildman–Crippen LogP) is 3.71. The fourth-order valence-corrected chi connectivity index (χ4v) is 6.03. The highest BCUT2D eigenvalue weighted by atomic mass is 19.1. The lowest BCUT2D eigenvalue weighted by atomic mass is 9.93. The number of halogens is 1. The second-order valence-corrected chi connectivity index (χ2v) is 11.0. The van der Waals surface area contributed by atoms with Crippen LogP contribution < -0.4 is 10.6 Å². The van der Waals surface area contributed by atoms with Crippen molar-refractivity contribution in [3.05, 3.63) is 64.5 Å². The summed E-state index contributed by atoms with van der Waals surface area (Å²) < 4.78 is 21.0. The van der Waals surface area contributed by atoms with Crippen molar-refractivity contribution >= 4 is 5.69 Å². The molecule has 7 nitrogen and oxygen atoms in total. The molecular formula is C29H41FN4O3. The molecular weight excluding hydrogens is 471 g/mol. The van der Waals surface area contributed by atoms with E-state index in [2.05, 4.69) is 27.4 Å². The van der Waals surface area contributed by atoms with Crippen molar-refractivity contribution in [2.75, 3.05) is 31.6 Å². The molecule has 2 fully saturated rings. The Kier molecular flexibility index (Phi) is 8.14. The van der Waals surface area contributed by atoms with Crippen LogP contribution in [0.5, 0.6) is 0 Å². The molecule has 2 aromatic carbocycles. The van der Waals surface area contributed by atoms with Crippen molar-refractivity contribution in [2.24, 2.45) is 0 Å². The van der Waals surface area contributed by atoms with E-state index in [0.717, 1.165) is 67.9 Å². The average Bonchev–Trinajstić information content (AvgIpc) is 3.23. The molecule has 0 bridgehead atoms. The summed E-state index contributed by atoms with van der Waals surface area (Å²) in [6, 6.07) is 11.6. The van der Waals surface area contributed by atoms with E-state index in [1.54, 1.807) is 6.07 Å². The third kappa shape index (κ3) is 6.00. The van der Waals surface area contributed by atoms with Gasteiger partial charge in [-0.25, -0.2) is 4.39 Å². The minimum atomic E-state index is -0.670. The van der Waals surface area contributed by atoms with Crippen LogP contribution in [0.25, 0.3) is 0 Å². The molecule has 0 spiro atoms. The first-order chi connectivity index (χ1) is 17.8. The summed E-state index contributed by atoms with van der Waals surface area (Å²) in [6.07, 6.45) is 2.37. The fraction of sp³-hybridized carbons (Fsp3) is 0.586. The molecule has 2 saturated heterocycles. The summed E-state index contributed by atoms with van der Waals surface area (Å²) in [5.74, 6) is -0.192. The molecule has 3 aliphatic rings. The molecule has 37 heavy (non-hydrogen) atoms. The van der Waals surface area contributed by atoms with Crippen molar-refractivity contribution in [3.8, 4) is 0 Å². The fourth-order valence-electron chi connectivity index (χ4n) is 6.03. The highest BCUT2D eigenvalue weighted by molar-refractivity contribution is 5.57. The number of nitrogens with one attached hydrogen (secondary N) is 2. The van der Waals surface area contributed by atoms with Gasteiger partial charge in [-0.15, -0.1) is 0 Å². The van der Waals surface area contributed by atoms with E-state index in [9.17, 15) is 10.2 Å². The maximum atomic E-state index is 15.0. The Bertz CT molecular complexity index is 1070. The van der Waals surface area contributed by atoms with Gasteiger partial charge in [0.25, 0.3) is 0 Å². The summed E-state index contributed by atoms with van der Waals surface area (Å²) in [5, 5.41) is 27.2. The van der Waals surface area contributed by atoms with Crippen LogP contribution in [0.15, 0.2) is 36.4 Å². The van der Waals surface area contributed by atoms with Gasteiger partial charge in [0.2, 0.25) is 0 Å². The lowest BCUT2D eigenvalue weighted by Crippen LogP contribution is -2.49. The van der Waals surface area contributed by atoms with Gasteiger partial charge in [-0.2, -0.15) is 0 Å². The van der Waals surface area contributed by atoms with Gasteiger partial charge in [-0.05, 0) is 62.8 Å². The van der Waals surface area contributed by atoms with E-state index in [1.807, 2.05) is 37.3 Å². The van der Waals surface area contributed by atoms with Gasteiger partial charge in [-0.1, -0.05) is 24.3 Å². The van der Waals surface area contributed by atoms with E-state index < -0.39 is 12.5 Å². The van der Waals surface area contributed by atoms with Crippen LogP contribution in [0.3, 0.4) is 0 Å². The molecule has 0 aliphatic carbocycles. The van der Waals surface area contributed by atoms with Gasteiger partial charge in [0, 0.05) is 68.7 Å². The third-order valence-electron chi connectivity index (χ3n) is 8.38. The third-order valence-corrected chi connectivity index (χ3v) is 8.38. The smallest absolute Gasteiger partial charge is 0.134 e. The van der Waals surface area contributed by atoms with Crippen molar-refractivity contribution in [1.29, 1.82) is 0 Å². The lowest BCUT2D eigenvalue weighted by Gasteiger charge is -2.39. The van der Waals surface area contributed by atoms with Crippen LogP contribution in [0.4, 0.5) is 10.1 Å². The molecule has 202 valence electrons. The number of benzene rings is 2. The van der Waals surface area contributed by atoms with Crippen LogP contribution >= 0.6 is 0 Å². The number of fused-ring (bicyclic) bond motifs is 1. The number of nitrogens with zero attached hydrogens (tertiary/aromatic N) is 2. The van der Waals surface area contributed by atoms with E-state index in [-0.39, 0.29) is 17.5 Å². The van der Waals surface area contributed by atoms with Crippen molar-refractivity contribution < 1.29 is 19.3 Å². The second kappa shape index (κ2) is 11.4. The first-order valence-corrected chi connectivity index (χ1v) is 13.7. The highest BCUT2D eigenvalue weighted by Crippen LogP contribution is 2.39. The number of anilines is 1. The largest absolute Gasteiger partial charge is 0.381 e. The molecule has 0 radical (unpaired) electrons. The zero-order valence-corrected chi connectivity index (χ0v) is 22.0. The van der Waals surface area contributed by atoms with Gasteiger partial charge in [0.1, 0.15) is 18.3 Å². The van der Waals surface area contributed by atoms with Crippen LogP contribution in [0.1, 0.15) is 68.0 Å². The molecule has 3 heterocycles. The number of hydrogen-bond acceptors (Lipinski definition) is 7. The van der Waals surface area contributed by atoms with Crippen molar-refractivity contribution in [2.45, 2.75) is 83.3 Å². The van der Waals surface area contributed by atoms with Gasteiger partial charge >= 0.3 is 0 Å². The predicted molar refractivity (Wildman–Crippen MR) is 142 cm³/mol. The maximum absolute atomic E-state index is 15.0. The van der Waals surface area contributed by atoms with Gasteiger partial charge in [0.05, 0.1) is 5.60 Å². The van der Waals surface area contributed by atoms with Crippen LogP contribution in [-0.2, 0) is 24.4 Å². The van der Waals surface area contributed by atoms with E-state index in [1.165, 1.54) is 0 Å². The standard InChI is InChI=1S/C29H41FN4O3/c1-3-37-29(2)11-13-33(14-12-29)18-20-7-8-21(25(30)15-20)16-31-26-6-4-5-23-24(26)19-34(28(23)36)22-9-10-27(35)32-17-22/h4-8,15,22,27-28,31-32,35-36H,3,9-14,16-19H2,1-2H3. The zero-order chi connectivity index (χ0) is 26.0. The Morgan fingerprint density at radius 2 is 1.97 bits per heavy atom. The zero-order valence-electron chi connectivity index (χ0n) is 22.0. The number of likely N-dealkylation sites (tertiary alicyclic amines) is 1. The molecule has 2 aromatic rings. The SMILES string of the molecule is CCOC1(C)CCN(Cc2ccc(CNc3cccc4c3CN(C3CCC(O)NC3)C4O)c(F)c2)CC1. The van der Waals surface area contributed by atoms with Crippen LogP contribution in [-0.4, -0.2) is 64.1 Å². The molecule has 4 N–H and O–H groups in total. The molecule has 0 amide bonds. The highest BCUT2D eigenvalue weighted by Gasteiger charge is 2.36. The monoisotopic (exact) mass is 512 g/mol. The van der Waals surface area contributed by atoms with Crippen molar-refractivity contribution in [1.82, 2.24) is 15.1 Å². The average molecular weight is 513 g/mol. The normalized spacial score (nSPS) is 26.2. The minimum absolute atomic E-state index is 0.0352. The minimum Gasteiger partial charge on any atom is -0.381 e. The van der Waals surface area contributed by atoms with Crippen molar-refractivity contribution in [3.63, 3.8) is 0 Å². The first kappa shape index (κ1) is 26.5. The molecule has 3 unspecified atom stereocenters. The molecule has 0 saturated carbocycles. The molecule has 5 rings (SSSR count). The topological polar surface area (TPSA) is 80.2 Å². The van der Waals surface area contributed by atoms with Gasteiger partial charge < -0.3 is 20.3 Å². The summed E-state index contributed by atoms with van der Waals surface area (Å²) >= 11 is 0.